The fraction of sp³-hybridized carbons (Fsp3) is 0.280. The molecule has 2 aliphatic rings. The standard InChI is InChI=1S/C25H23BrN4O4/c26-18-6-2-16(3-7-18)14-20(25(33)29-13-10-22-23(29)21(31)15-34-22)28-24(32)17-4-8-19(9-5-17)30-12-1-11-27-30/h1-9,11-12,20,22-23H,10,13-15H2,(H,28,32). The van der Waals surface area contributed by atoms with Crippen molar-refractivity contribution in [2.24, 2.45) is 0 Å². The number of halogens is 1. The molecule has 5 rings (SSSR count). The van der Waals surface area contributed by atoms with Crippen LogP contribution in [0, 0.1) is 0 Å². The van der Waals surface area contributed by atoms with E-state index in [0.717, 1.165) is 15.7 Å². The van der Waals surface area contributed by atoms with E-state index in [2.05, 4.69) is 26.3 Å². The normalized spacial score (nSPS) is 20.3. The van der Waals surface area contributed by atoms with Crippen LogP contribution < -0.4 is 5.32 Å². The van der Waals surface area contributed by atoms with E-state index in [1.54, 1.807) is 40.0 Å². The lowest BCUT2D eigenvalue weighted by Crippen LogP contribution is -2.53. The van der Waals surface area contributed by atoms with Gasteiger partial charge in [-0.2, -0.15) is 5.10 Å². The number of nitrogens with one attached hydrogen (secondary N) is 1. The Kier molecular flexibility index (Phi) is 6.30. The third kappa shape index (κ3) is 4.53. The summed E-state index contributed by atoms with van der Waals surface area (Å²) >= 11 is 3.42. The minimum atomic E-state index is -0.813. The number of carbonyl (C=O) groups is 3. The van der Waals surface area contributed by atoms with Gasteiger partial charge in [0.25, 0.3) is 5.91 Å². The highest BCUT2D eigenvalue weighted by Gasteiger charge is 2.48. The summed E-state index contributed by atoms with van der Waals surface area (Å²) in [6.45, 7) is 0.469. The van der Waals surface area contributed by atoms with Crippen LogP contribution in [0.3, 0.4) is 0 Å². The van der Waals surface area contributed by atoms with Gasteiger partial charge in [-0.05, 0) is 54.4 Å². The molecule has 2 saturated heterocycles. The van der Waals surface area contributed by atoms with E-state index in [1.165, 1.54) is 0 Å². The molecule has 0 bridgehead atoms. The lowest BCUT2D eigenvalue weighted by molar-refractivity contribution is -0.138. The van der Waals surface area contributed by atoms with Crippen LogP contribution >= 0.6 is 15.9 Å². The molecule has 3 unspecified atom stereocenters. The molecular formula is C25H23BrN4O4. The van der Waals surface area contributed by atoms with Crippen molar-refractivity contribution in [3.05, 3.63) is 82.6 Å². The van der Waals surface area contributed by atoms with E-state index in [4.69, 9.17) is 4.74 Å². The van der Waals surface area contributed by atoms with Gasteiger partial charge in [0.05, 0.1) is 11.8 Å². The number of rotatable bonds is 6. The zero-order valence-electron chi connectivity index (χ0n) is 18.3. The van der Waals surface area contributed by atoms with Crippen LogP contribution in [-0.4, -0.2) is 63.6 Å². The van der Waals surface area contributed by atoms with E-state index in [1.807, 2.05) is 36.5 Å². The zero-order chi connectivity index (χ0) is 23.7. The molecule has 0 radical (unpaired) electrons. The van der Waals surface area contributed by atoms with Gasteiger partial charge >= 0.3 is 0 Å². The minimum Gasteiger partial charge on any atom is -0.368 e. The van der Waals surface area contributed by atoms with Gasteiger partial charge in [0.1, 0.15) is 18.7 Å². The zero-order valence-corrected chi connectivity index (χ0v) is 19.8. The van der Waals surface area contributed by atoms with E-state index < -0.39 is 12.1 Å². The summed E-state index contributed by atoms with van der Waals surface area (Å²) in [5, 5.41) is 7.09. The second-order valence-corrected chi connectivity index (χ2v) is 9.35. The summed E-state index contributed by atoms with van der Waals surface area (Å²) in [6, 6.07) is 15.1. The van der Waals surface area contributed by atoms with Gasteiger partial charge in [-0.25, -0.2) is 4.68 Å². The van der Waals surface area contributed by atoms with E-state index >= 15 is 0 Å². The fourth-order valence-corrected chi connectivity index (χ4v) is 4.79. The summed E-state index contributed by atoms with van der Waals surface area (Å²) in [4.78, 5) is 40.6. The largest absolute Gasteiger partial charge is 0.368 e. The van der Waals surface area contributed by atoms with Gasteiger partial charge in [0.2, 0.25) is 5.91 Å². The molecule has 8 nitrogen and oxygen atoms in total. The number of fused-ring (bicyclic) bond motifs is 1. The van der Waals surface area contributed by atoms with Crippen LogP contribution in [0.2, 0.25) is 0 Å². The first-order chi connectivity index (χ1) is 16.5. The Morgan fingerprint density at radius 1 is 1.15 bits per heavy atom. The Morgan fingerprint density at radius 2 is 1.91 bits per heavy atom. The summed E-state index contributed by atoms with van der Waals surface area (Å²) in [7, 11) is 0. The van der Waals surface area contributed by atoms with E-state index in [9.17, 15) is 14.4 Å². The number of likely N-dealkylation sites (tertiary alicyclic amines) is 1. The molecule has 0 aliphatic carbocycles. The maximum atomic E-state index is 13.6. The number of Topliss-reactive ketones (excluding diaryl/α,β-unsaturated/α-hetero) is 1. The Bertz CT molecular complexity index is 1190. The maximum Gasteiger partial charge on any atom is 0.251 e. The molecule has 174 valence electrons. The van der Waals surface area contributed by atoms with Crippen LogP contribution in [0.25, 0.3) is 5.69 Å². The molecule has 1 aromatic heterocycles. The molecule has 3 heterocycles. The predicted molar refractivity (Wildman–Crippen MR) is 128 cm³/mol. The van der Waals surface area contributed by atoms with Crippen molar-refractivity contribution < 1.29 is 19.1 Å². The molecule has 0 spiro atoms. The second-order valence-electron chi connectivity index (χ2n) is 8.44. The van der Waals surface area contributed by atoms with Crippen LogP contribution in [0.5, 0.6) is 0 Å². The van der Waals surface area contributed by atoms with Crippen LogP contribution in [-0.2, 0) is 20.7 Å². The van der Waals surface area contributed by atoms with Crippen LogP contribution in [0.1, 0.15) is 22.3 Å². The van der Waals surface area contributed by atoms with Crippen molar-refractivity contribution in [2.45, 2.75) is 31.0 Å². The predicted octanol–water partition coefficient (Wildman–Crippen LogP) is 2.54. The average molecular weight is 523 g/mol. The van der Waals surface area contributed by atoms with Crippen molar-refractivity contribution in [3.8, 4) is 5.69 Å². The van der Waals surface area contributed by atoms with Crippen LogP contribution in [0.15, 0.2) is 71.5 Å². The van der Waals surface area contributed by atoms with E-state index in [-0.39, 0.29) is 30.3 Å². The third-order valence-electron chi connectivity index (χ3n) is 6.25. The fourth-order valence-electron chi connectivity index (χ4n) is 4.53. The molecule has 3 aromatic rings. The summed E-state index contributed by atoms with van der Waals surface area (Å²) in [5.74, 6) is -0.707. The van der Waals surface area contributed by atoms with Gasteiger partial charge in [-0.3, -0.25) is 14.4 Å². The summed E-state index contributed by atoms with van der Waals surface area (Å²) in [6.07, 6.45) is 4.18. The molecule has 2 aliphatic heterocycles. The Hall–Kier alpha value is -3.30. The van der Waals surface area contributed by atoms with Crippen molar-refractivity contribution in [3.63, 3.8) is 0 Å². The number of hydrogen-bond donors (Lipinski definition) is 1. The molecule has 2 amide bonds. The number of amides is 2. The second kappa shape index (κ2) is 9.52. The topological polar surface area (TPSA) is 93.5 Å². The highest BCUT2D eigenvalue weighted by Crippen LogP contribution is 2.28. The van der Waals surface area contributed by atoms with Crippen molar-refractivity contribution in [2.75, 3.05) is 13.2 Å². The highest BCUT2D eigenvalue weighted by molar-refractivity contribution is 9.10. The van der Waals surface area contributed by atoms with Gasteiger partial charge in [-0.15, -0.1) is 0 Å². The molecular weight excluding hydrogens is 500 g/mol. The lowest BCUT2D eigenvalue weighted by Gasteiger charge is -2.27. The number of ketones is 1. The molecule has 0 saturated carbocycles. The summed E-state index contributed by atoms with van der Waals surface area (Å²) in [5.41, 5.74) is 2.16. The van der Waals surface area contributed by atoms with Gasteiger partial charge < -0.3 is 15.0 Å². The Labute approximate surface area is 205 Å². The minimum absolute atomic E-state index is 0.0332. The Balaban J connectivity index is 1.36. The first-order valence-electron chi connectivity index (χ1n) is 11.1. The molecule has 1 N–H and O–H groups in total. The quantitative estimate of drug-likeness (QED) is 0.536. The van der Waals surface area contributed by atoms with Gasteiger partial charge in [0.15, 0.2) is 5.78 Å². The smallest absolute Gasteiger partial charge is 0.251 e. The number of ether oxygens (including phenoxy) is 1. The third-order valence-corrected chi connectivity index (χ3v) is 6.78. The molecule has 2 fully saturated rings. The molecule has 2 aromatic carbocycles. The molecule has 3 atom stereocenters. The van der Waals surface area contributed by atoms with Crippen molar-refractivity contribution in [1.29, 1.82) is 0 Å². The number of nitrogens with zero attached hydrogens (tertiary/aromatic N) is 3. The van der Waals surface area contributed by atoms with Gasteiger partial charge in [0, 0.05) is 35.4 Å². The first kappa shape index (κ1) is 22.5. The SMILES string of the molecule is O=C(NC(Cc1ccc(Br)cc1)C(=O)N1CCC2OCC(=O)C21)c1ccc(-n2cccn2)cc1. The Morgan fingerprint density at radius 3 is 2.62 bits per heavy atom. The lowest BCUT2D eigenvalue weighted by atomic mass is 10.0. The number of carbonyl (C=O) groups excluding carboxylic acids is 3. The van der Waals surface area contributed by atoms with Crippen LogP contribution in [0.4, 0.5) is 0 Å². The van der Waals surface area contributed by atoms with Crippen molar-refractivity contribution >= 4 is 33.5 Å². The molecule has 34 heavy (non-hydrogen) atoms. The van der Waals surface area contributed by atoms with Gasteiger partial charge in [-0.1, -0.05) is 28.1 Å². The molecule has 9 heteroatoms. The van der Waals surface area contributed by atoms with Crippen molar-refractivity contribution in [1.82, 2.24) is 20.0 Å². The highest BCUT2D eigenvalue weighted by atomic mass is 79.9. The summed E-state index contributed by atoms with van der Waals surface area (Å²) < 4.78 is 8.16. The number of benzene rings is 2. The van der Waals surface area contributed by atoms with E-state index in [0.29, 0.717) is 24.9 Å². The maximum absolute atomic E-state index is 13.6. The average Bonchev–Trinajstić information content (AvgIpc) is 3.60. The number of aromatic nitrogens is 2. The monoisotopic (exact) mass is 522 g/mol. The number of hydrogen-bond acceptors (Lipinski definition) is 5. The first-order valence-corrected chi connectivity index (χ1v) is 11.9.